The zero-order valence-electron chi connectivity index (χ0n) is 8.72. The van der Waals surface area contributed by atoms with Gasteiger partial charge in [0.1, 0.15) is 0 Å². The highest BCUT2D eigenvalue weighted by Gasteiger charge is 2.41. The summed E-state index contributed by atoms with van der Waals surface area (Å²) in [6, 6.07) is 0.418. The number of amides is 1. The van der Waals surface area contributed by atoms with E-state index in [1.54, 1.807) is 0 Å². The molecule has 0 bridgehead atoms. The first-order chi connectivity index (χ1) is 5.34. The third kappa shape index (κ3) is 1.47. The first-order valence-electron chi connectivity index (χ1n) is 4.60. The van der Waals surface area contributed by atoms with Gasteiger partial charge in [-0.25, -0.2) is 0 Å². The van der Waals surface area contributed by atoms with Gasteiger partial charge in [-0.15, -0.1) is 0 Å². The largest absolute Gasteiger partial charge is 0.343 e. The summed E-state index contributed by atoms with van der Waals surface area (Å²) < 4.78 is 0. The van der Waals surface area contributed by atoms with E-state index in [0.29, 0.717) is 11.9 Å². The Balaban J connectivity index is 2.78. The molecule has 1 rings (SSSR count). The summed E-state index contributed by atoms with van der Waals surface area (Å²) in [5.41, 5.74) is 0.121. The Morgan fingerprint density at radius 1 is 1.42 bits per heavy atom. The lowest BCUT2D eigenvalue weighted by molar-refractivity contribution is -0.133. The summed E-state index contributed by atoms with van der Waals surface area (Å²) >= 11 is 0. The standard InChI is InChI=1S/C10H19NO/c1-7-6-8(10(2,3)4)9(12)11(7)5/h7-8H,6H2,1-5H3/t7?,8-/m0/s1. The molecule has 2 heteroatoms. The SMILES string of the molecule is CC1C[C@H](C(C)(C)C)C(=O)N1C. The van der Waals surface area contributed by atoms with Crippen LogP contribution in [0, 0.1) is 11.3 Å². The maximum Gasteiger partial charge on any atom is 0.226 e. The van der Waals surface area contributed by atoms with Crippen molar-refractivity contribution in [3.63, 3.8) is 0 Å². The Kier molecular flexibility index (Phi) is 2.19. The lowest BCUT2D eigenvalue weighted by Crippen LogP contribution is -2.31. The third-order valence-electron chi connectivity index (χ3n) is 2.93. The molecule has 1 aliphatic rings. The maximum absolute atomic E-state index is 11.7. The number of nitrogens with zero attached hydrogens (tertiary/aromatic N) is 1. The monoisotopic (exact) mass is 169 g/mol. The minimum Gasteiger partial charge on any atom is -0.343 e. The van der Waals surface area contributed by atoms with Crippen LogP contribution in [0.3, 0.4) is 0 Å². The predicted molar refractivity (Wildman–Crippen MR) is 49.8 cm³/mol. The number of hydrogen-bond acceptors (Lipinski definition) is 1. The van der Waals surface area contributed by atoms with Crippen molar-refractivity contribution in [3.8, 4) is 0 Å². The van der Waals surface area contributed by atoms with Gasteiger partial charge in [0.15, 0.2) is 0 Å². The van der Waals surface area contributed by atoms with Gasteiger partial charge < -0.3 is 4.90 Å². The molecule has 1 aliphatic heterocycles. The molecule has 2 atom stereocenters. The average molecular weight is 169 g/mol. The highest BCUT2D eigenvalue weighted by Crippen LogP contribution is 2.36. The second-order valence-electron chi connectivity index (χ2n) is 4.95. The predicted octanol–water partition coefficient (Wildman–Crippen LogP) is 1.90. The summed E-state index contributed by atoms with van der Waals surface area (Å²) in [7, 11) is 1.90. The van der Waals surface area contributed by atoms with Crippen LogP contribution >= 0.6 is 0 Å². The van der Waals surface area contributed by atoms with E-state index in [9.17, 15) is 4.79 Å². The van der Waals surface area contributed by atoms with Gasteiger partial charge in [-0.3, -0.25) is 4.79 Å². The molecular formula is C10H19NO. The highest BCUT2D eigenvalue weighted by molar-refractivity contribution is 5.81. The van der Waals surface area contributed by atoms with Gasteiger partial charge >= 0.3 is 0 Å². The lowest BCUT2D eigenvalue weighted by atomic mass is 9.79. The van der Waals surface area contributed by atoms with E-state index < -0.39 is 0 Å². The molecule has 1 unspecified atom stereocenters. The second-order valence-corrected chi connectivity index (χ2v) is 4.95. The molecule has 1 amide bonds. The average Bonchev–Trinajstić information content (AvgIpc) is 2.15. The zero-order valence-corrected chi connectivity index (χ0v) is 8.72. The summed E-state index contributed by atoms with van der Waals surface area (Å²) in [5, 5.41) is 0. The van der Waals surface area contributed by atoms with Crippen molar-refractivity contribution in [1.82, 2.24) is 4.90 Å². The van der Waals surface area contributed by atoms with Crippen LogP contribution in [0.25, 0.3) is 0 Å². The fraction of sp³-hybridized carbons (Fsp3) is 0.900. The van der Waals surface area contributed by atoms with Crippen LogP contribution < -0.4 is 0 Å². The van der Waals surface area contributed by atoms with E-state index in [4.69, 9.17) is 0 Å². The molecule has 0 aromatic rings. The van der Waals surface area contributed by atoms with Crippen LogP contribution in [0.2, 0.25) is 0 Å². The Morgan fingerprint density at radius 3 is 2.08 bits per heavy atom. The molecule has 2 nitrogen and oxygen atoms in total. The fourth-order valence-corrected chi connectivity index (χ4v) is 1.79. The second kappa shape index (κ2) is 2.75. The molecule has 70 valence electrons. The van der Waals surface area contributed by atoms with E-state index in [1.165, 1.54) is 0 Å². The van der Waals surface area contributed by atoms with Crippen LogP contribution in [0.15, 0.2) is 0 Å². The summed E-state index contributed by atoms with van der Waals surface area (Å²) in [6.45, 7) is 8.54. The maximum atomic E-state index is 11.7. The van der Waals surface area contributed by atoms with E-state index in [-0.39, 0.29) is 11.3 Å². The van der Waals surface area contributed by atoms with Crippen LogP contribution in [-0.2, 0) is 4.79 Å². The smallest absolute Gasteiger partial charge is 0.226 e. The Bertz CT molecular complexity index is 193. The molecule has 0 aromatic heterocycles. The molecule has 0 aliphatic carbocycles. The summed E-state index contributed by atoms with van der Waals surface area (Å²) in [5.74, 6) is 0.535. The number of likely N-dealkylation sites (tertiary alicyclic amines) is 1. The molecule has 0 N–H and O–H groups in total. The summed E-state index contributed by atoms with van der Waals surface area (Å²) in [6.07, 6.45) is 1.01. The highest BCUT2D eigenvalue weighted by atomic mass is 16.2. The topological polar surface area (TPSA) is 20.3 Å². The Morgan fingerprint density at radius 2 is 1.92 bits per heavy atom. The number of rotatable bonds is 0. The number of carbonyl (C=O) groups excluding carboxylic acids is 1. The lowest BCUT2D eigenvalue weighted by Gasteiger charge is -2.24. The normalized spacial score (nSPS) is 31.4. The van der Waals surface area contributed by atoms with Crippen molar-refractivity contribution in [1.29, 1.82) is 0 Å². The van der Waals surface area contributed by atoms with Crippen molar-refractivity contribution in [3.05, 3.63) is 0 Å². The molecule has 12 heavy (non-hydrogen) atoms. The minimum absolute atomic E-state index is 0.121. The number of hydrogen-bond donors (Lipinski definition) is 0. The van der Waals surface area contributed by atoms with E-state index >= 15 is 0 Å². The minimum atomic E-state index is 0.121. The quantitative estimate of drug-likeness (QED) is 0.542. The Labute approximate surface area is 74.9 Å². The van der Waals surface area contributed by atoms with Crippen molar-refractivity contribution >= 4 is 5.91 Å². The van der Waals surface area contributed by atoms with Crippen LogP contribution in [-0.4, -0.2) is 23.9 Å². The first kappa shape index (κ1) is 9.56. The molecule has 0 saturated carbocycles. The Hall–Kier alpha value is -0.530. The van der Waals surface area contributed by atoms with Gasteiger partial charge in [-0.1, -0.05) is 20.8 Å². The van der Waals surface area contributed by atoms with Gasteiger partial charge in [-0.05, 0) is 18.8 Å². The van der Waals surface area contributed by atoms with Crippen molar-refractivity contribution in [2.24, 2.45) is 11.3 Å². The molecule has 0 aromatic carbocycles. The van der Waals surface area contributed by atoms with Crippen molar-refractivity contribution < 1.29 is 4.79 Å². The fourth-order valence-electron chi connectivity index (χ4n) is 1.79. The third-order valence-corrected chi connectivity index (χ3v) is 2.93. The first-order valence-corrected chi connectivity index (χ1v) is 4.60. The van der Waals surface area contributed by atoms with Crippen LogP contribution in [0.4, 0.5) is 0 Å². The number of carbonyl (C=O) groups is 1. The molecular weight excluding hydrogens is 150 g/mol. The van der Waals surface area contributed by atoms with Crippen LogP contribution in [0.5, 0.6) is 0 Å². The van der Waals surface area contributed by atoms with Gasteiger partial charge in [0.05, 0.1) is 0 Å². The molecule has 0 spiro atoms. The summed E-state index contributed by atoms with van der Waals surface area (Å²) in [4.78, 5) is 13.6. The molecule has 1 fully saturated rings. The molecule has 1 saturated heterocycles. The zero-order chi connectivity index (χ0) is 9.52. The van der Waals surface area contributed by atoms with Gasteiger partial charge in [0, 0.05) is 19.0 Å². The van der Waals surface area contributed by atoms with Crippen molar-refractivity contribution in [2.45, 2.75) is 40.2 Å². The molecule has 1 heterocycles. The van der Waals surface area contributed by atoms with Crippen molar-refractivity contribution in [2.75, 3.05) is 7.05 Å². The van der Waals surface area contributed by atoms with Crippen LogP contribution in [0.1, 0.15) is 34.1 Å². The van der Waals surface area contributed by atoms with E-state index in [1.807, 2.05) is 11.9 Å². The van der Waals surface area contributed by atoms with Gasteiger partial charge in [-0.2, -0.15) is 0 Å². The van der Waals surface area contributed by atoms with E-state index in [0.717, 1.165) is 6.42 Å². The molecule has 0 radical (unpaired) electrons. The van der Waals surface area contributed by atoms with Gasteiger partial charge in [0.25, 0.3) is 0 Å². The van der Waals surface area contributed by atoms with E-state index in [2.05, 4.69) is 27.7 Å². The van der Waals surface area contributed by atoms with Gasteiger partial charge in [0.2, 0.25) is 5.91 Å².